The van der Waals surface area contributed by atoms with Crippen molar-refractivity contribution in [3.63, 3.8) is 0 Å². The molecule has 1 aromatic carbocycles. The van der Waals surface area contributed by atoms with E-state index in [9.17, 15) is 0 Å². The first kappa shape index (κ1) is 18.9. The Morgan fingerprint density at radius 1 is 1.45 bits per heavy atom. The average Bonchev–Trinajstić information content (AvgIpc) is 2.82. The Morgan fingerprint density at radius 2 is 2.23 bits per heavy atom. The predicted octanol–water partition coefficient (Wildman–Crippen LogP) is 2.84. The minimum absolute atomic E-state index is 0. The average molecular weight is 419 g/mol. The van der Waals surface area contributed by atoms with Crippen LogP contribution < -0.4 is 20.5 Å². The van der Waals surface area contributed by atoms with Crippen LogP contribution in [-0.2, 0) is 13.0 Å². The highest BCUT2D eigenvalue weighted by atomic mass is 127. The van der Waals surface area contributed by atoms with Crippen molar-refractivity contribution in [3.8, 4) is 11.5 Å². The summed E-state index contributed by atoms with van der Waals surface area (Å²) >= 11 is 0. The number of nitrogens with one attached hydrogen (secondary N) is 1. The van der Waals surface area contributed by atoms with E-state index in [2.05, 4.69) is 30.2 Å². The number of fused-ring (bicyclic) bond motifs is 1. The maximum absolute atomic E-state index is 5.83. The van der Waals surface area contributed by atoms with Gasteiger partial charge in [-0.05, 0) is 32.4 Å². The number of aliphatic imine (C=N–C) groups is 1. The molecule has 1 aromatic rings. The van der Waals surface area contributed by atoms with Crippen molar-refractivity contribution in [2.45, 2.75) is 46.3 Å². The summed E-state index contributed by atoms with van der Waals surface area (Å²) in [6.07, 6.45) is 2.17. The maximum atomic E-state index is 5.83. The molecule has 0 saturated carbocycles. The Morgan fingerprint density at radius 3 is 2.91 bits per heavy atom. The van der Waals surface area contributed by atoms with Gasteiger partial charge in [-0.2, -0.15) is 0 Å². The lowest BCUT2D eigenvalue weighted by Crippen LogP contribution is -2.32. The molecular weight excluding hydrogens is 393 g/mol. The third kappa shape index (κ3) is 4.93. The Hall–Kier alpha value is -1.18. The quantitative estimate of drug-likeness (QED) is 0.423. The fourth-order valence-electron chi connectivity index (χ4n) is 2.37. The number of halogens is 1. The van der Waals surface area contributed by atoms with Crippen LogP contribution in [0.4, 0.5) is 0 Å². The minimum Gasteiger partial charge on any atom is -0.494 e. The maximum Gasteiger partial charge on any atom is 0.188 e. The second kappa shape index (κ2) is 9.07. The van der Waals surface area contributed by atoms with Crippen LogP contribution in [0.1, 0.15) is 38.3 Å². The molecule has 22 heavy (non-hydrogen) atoms. The number of benzene rings is 1. The summed E-state index contributed by atoms with van der Waals surface area (Å²) in [7, 11) is 0. The highest BCUT2D eigenvalue weighted by Crippen LogP contribution is 2.35. The zero-order valence-electron chi connectivity index (χ0n) is 13.5. The third-order valence-corrected chi connectivity index (χ3v) is 3.35. The first-order chi connectivity index (χ1) is 10.1. The molecule has 0 fully saturated rings. The van der Waals surface area contributed by atoms with Gasteiger partial charge in [0, 0.05) is 24.1 Å². The van der Waals surface area contributed by atoms with Gasteiger partial charge in [-0.3, -0.25) is 0 Å². The molecule has 1 heterocycles. The summed E-state index contributed by atoms with van der Waals surface area (Å²) in [6.45, 7) is 8.10. The van der Waals surface area contributed by atoms with E-state index in [0.717, 1.165) is 36.4 Å². The number of rotatable bonds is 6. The summed E-state index contributed by atoms with van der Waals surface area (Å²) in [4.78, 5) is 4.37. The molecule has 0 amide bonds. The summed E-state index contributed by atoms with van der Waals surface area (Å²) in [6, 6.07) is 4.10. The SMILES string of the molecule is CCCNC(N)=NCc1cc2c(cc1OCC)CC(C)O2.I. The lowest BCUT2D eigenvalue weighted by Gasteiger charge is -2.11. The smallest absolute Gasteiger partial charge is 0.188 e. The lowest BCUT2D eigenvalue weighted by atomic mass is 10.1. The number of guanidine groups is 1. The van der Waals surface area contributed by atoms with Crippen molar-refractivity contribution >= 4 is 29.9 Å². The first-order valence-electron chi connectivity index (χ1n) is 7.63. The molecule has 1 atom stereocenters. The van der Waals surface area contributed by atoms with Gasteiger partial charge in [0.1, 0.15) is 17.6 Å². The van der Waals surface area contributed by atoms with E-state index in [-0.39, 0.29) is 30.1 Å². The molecule has 1 aliphatic rings. The summed E-state index contributed by atoms with van der Waals surface area (Å²) in [5.74, 6) is 2.28. The monoisotopic (exact) mass is 419 g/mol. The van der Waals surface area contributed by atoms with Crippen molar-refractivity contribution in [1.29, 1.82) is 0 Å². The number of hydrogen-bond donors (Lipinski definition) is 2. The molecule has 5 nitrogen and oxygen atoms in total. The van der Waals surface area contributed by atoms with Gasteiger partial charge in [-0.15, -0.1) is 24.0 Å². The molecule has 0 aromatic heterocycles. The van der Waals surface area contributed by atoms with Crippen LogP contribution in [0, 0.1) is 0 Å². The molecule has 3 N–H and O–H groups in total. The van der Waals surface area contributed by atoms with Gasteiger partial charge >= 0.3 is 0 Å². The normalized spacial score (nSPS) is 16.5. The standard InChI is InChI=1S/C16H25N3O2.HI/c1-4-6-18-16(17)19-10-13-9-15-12(7-11(3)21-15)8-14(13)20-5-2;/h8-9,11H,4-7,10H2,1-3H3,(H3,17,18,19);1H. The molecule has 0 saturated heterocycles. The Balaban J connectivity index is 0.00000242. The Bertz CT molecular complexity index is 520. The number of hydrogen-bond acceptors (Lipinski definition) is 3. The third-order valence-electron chi connectivity index (χ3n) is 3.35. The largest absolute Gasteiger partial charge is 0.494 e. The van der Waals surface area contributed by atoms with Crippen LogP contribution in [0.3, 0.4) is 0 Å². The van der Waals surface area contributed by atoms with Crippen LogP contribution in [0.15, 0.2) is 17.1 Å². The summed E-state index contributed by atoms with van der Waals surface area (Å²) in [5.41, 5.74) is 8.04. The van der Waals surface area contributed by atoms with E-state index < -0.39 is 0 Å². The van der Waals surface area contributed by atoms with Crippen molar-refractivity contribution < 1.29 is 9.47 Å². The number of nitrogens with two attached hydrogens (primary N) is 1. The fraction of sp³-hybridized carbons (Fsp3) is 0.562. The molecule has 1 aliphatic heterocycles. The van der Waals surface area contributed by atoms with Crippen LogP contribution in [0.2, 0.25) is 0 Å². The molecular formula is C16H26IN3O2. The van der Waals surface area contributed by atoms with Crippen LogP contribution in [-0.4, -0.2) is 25.2 Å². The highest BCUT2D eigenvalue weighted by Gasteiger charge is 2.21. The molecule has 0 spiro atoms. The van der Waals surface area contributed by atoms with Gasteiger partial charge in [0.05, 0.1) is 13.2 Å². The molecule has 1 unspecified atom stereocenters. The first-order valence-corrected chi connectivity index (χ1v) is 7.63. The molecule has 2 rings (SSSR count). The van der Waals surface area contributed by atoms with E-state index in [1.54, 1.807) is 0 Å². The lowest BCUT2D eigenvalue weighted by molar-refractivity contribution is 0.254. The molecule has 0 bridgehead atoms. The number of ether oxygens (including phenoxy) is 2. The van der Waals surface area contributed by atoms with Crippen molar-refractivity contribution in [2.75, 3.05) is 13.2 Å². The van der Waals surface area contributed by atoms with Gasteiger partial charge in [-0.1, -0.05) is 6.92 Å². The van der Waals surface area contributed by atoms with Gasteiger partial charge in [-0.25, -0.2) is 4.99 Å². The second-order valence-electron chi connectivity index (χ2n) is 5.26. The van der Waals surface area contributed by atoms with Gasteiger partial charge in [0.15, 0.2) is 5.96 Å². The van der Waals surface area contributed by atoms with Crippen molar-refractivity contribution in [1.82, 2.24) is 5.32 Å². The topological polar surface area (TPSA) is 68.9 Å². The zero-order chi connectivity index (χ0) is 15.2. The van der Waals surface area contributed by atoms with E-state index in [1.165, 1.54) is 5.56 Å². The van der Waals surface area contributed by atoms with Gasteiger partial charge in [0.25, 0.3) is 0 Å². The second-order valence-corrected chi connectivity index (χ2v) is 5.26. The summed E-state index contributed by atoms with van der Waals surface area (Å²) in [5, 5.41) is 3.07. The van der Waals surface area contributed by atoms with Crippen molar-refractivity contribution in [2.24, 2.45) is 10.7 Å². The Labute approximate surface area is 149 Å². The molecule has 6 heteroatoms. The fourth-order valence-corrected chi connectivity index (χ4v) is 2.37. The Kier molecular flexibility index (Phi) is 7.78. The molecule has 0 radical (unpaired) electrons. The zero-order valence-corrected chi connectivity index (χ0v) is 15.8. The minimum atomic E-state index is 0. The van der Waals surface area contributed by atoms with Crippen molar-refractivity contribution in [3.05, 3.63) is 23.3 Å². The predicted molar refractivity (Wildman–Crippen MR) is 100 cm³/mol. The summed E-state index contributed by atoms with van der Waals surface area (Å²) < 4.78 is 11.5. The van der Waals surface area contributed by atoms with E-state index in [4.69, 9.17) is 15.2 Å². The molecule has 0 aliphatic carbocycles. The van der Waals surface area contributed by atoms with E-state index in [0.29, 0.717) is 19.1 Å². The van der Waals surface area contributed by atoms with Crippen LogP contribution in [0.5, 0.6) is 11.5 Å². The number of nitrogens with zero attached hydrogens (tertiary/aromatic N) is 1. The van der Waals surface area contributed by atoms with Gasteiger partial charge < -0.3 is 20.5 Å². The highest BCUT2D eigenvalue weighted by molar-refractivity contribution is 14.0. The molecule has 124 valence electrons. The van der Waals surface area contributed by atoms with E-state index in [1.807, 2.05) is 13.0 Å². The van der Waals surface area contributed by atoms with Gasteiger partial charge in [0.2, 0.25) is 0 Å². The van der Waals surface area contributed by atoms with Crippen LogP contribution in [0.25, 0.3) is 0 Å². The van der Waals surface area contributed by atoms with Crippen LogP contribution >= 0.6 is 24.0 Å². The van der Waals surface area contributed by atoms with E-state index >= 15 is 0 Å².